The van der Waals surface area contributed by atoms with E-state index in [1.165, 1.54) is 64.3 Å². The fourth-order valence-electron chi connectivity index (χ4n) is 7.05. The predicted molar refractivity (Wildman–Crippen MR) is 84.6 cm³/mol. The molecule has 4 saturated carbocycles. The van der Waals surface area contributed by atoms with E-state index < -0.39 is 0 Å². The Morgan fingerprint density at radius 3 is 2.35 bits per heavy atom. The molecule has 5 aliphatic rings. The van der Waals surface area contributed by atoms with Crippen LogP contribution in [-0.2, 0) is 0 Å². The van der Waals surface area contributed by atoms with Crippen molar-refractivity contribution in [2.75, 3.05) is 6.54 Å². The van der Waals surface area contributed by atoms with Gasteiger partial charge in [0, 0.05) is 5.54 Å². The van der Waals surface area contributed by atoms with Gasteiger partial charge in [-0.3, -0.25) is 0 Å². The molecular weight excluding hydrogens is 242 g/mol. The highest BCUT2D eigenvalue weighted by atomic mass is 15.0. The minimum atomic E-state index is 0.504. The maximum atomic E-state index is 4.11. The van der Waals surface area contributed by atoms with Gasteiger partial charge >= 0.3 is 0 Å². The van der Waals surface area contributed by atoms with Crippen LogP contribution in [-0.4, -0.2) is 12.1 Å². The van der Waals surface area contributed by atoms with Crippen LogP contribution in [0.15, 0.2) is 12.2 Å². The van der Waals surface area contributed by atoms with Crippen LogP contribution in [0.1, 0.15) is 71.6 Å². The first-order chi connectivity index (χ1) is 9.49. The van der Waals surface area contributed by atoms with Crippen LogP contribution < -0.4 is 5.32 Å². The second kappa shape index (κ2) is 4.35. The summed E-state index contributed by atoms with van der Waals surface area (Å²) in [5, 5.41) is 4.11. The van der Waals surface area contributed by atoms with E-state index in [1.54, 1.807) is 0 Å². The lowest BCUT2D eigenvalue weighted by Gasteiger charge is -2.65. The average Bonchev–Trinajstić information content (AvgIpc) is 2.33. The van der Waals surface area contributed by atoms with Gasteiger partial charge in [0.25, 0.3) is 0 Å². The highest BCUT2D eigenvalue weighted by Gasteiger charge is 2.59. The molecule has 0 amide bonds. The van der Waals surface area contributed by atoms with Gasteiger partial charge in [-0.1, -0.05) is 26.0 Å². The molecule has 1 N–H and O–H groups in total. The molecule has 0 aliphatic heterocycles. The molecule has 3 unspecified atom stereocenters. The lowest BCUT2D eigenvalue weighted by Crippen LogP contribution is -2.64. The van der Waals surface area contributed by atoms with Crippen LogP contribution in [0.2, 0.25) is 0 Å². The molecule has 4 bridgehead atoms. The minimum Gasteiger partial charge on any atom is -0.311 e. The third-order valence-corrected chi connectivity index (χ3v) is 6.77. The third kappa shape index (κ3) is 2.26. The molecule has 0 spiro atoms. The fraction of sp³-hybridized carbons (Fsp3) is 0.895. The molecule has 0 aromatic rings. The Balaban J connectivity index is 1.48. The fourth-order valence-corrected chi connectivity index (χ4v) is 7.05. The smallest absolute Gasteiger partial charge is 0.0194 e. The SMILES string of the molecule is CC12CC3CC(C)(C1)CC(NCC1CC=CCC1)(C3)C2. The van der Waals surface area contributed by atoms with Gasteiger partial charge in [0.1, 0.15) is 0 Å². The summed E-state index contributed by atoms with van der Waals surface area (Å²) in [5.74, 6) is 1.91. The molecule has 4 fully saturated rings. The van der Waals surface area contributed by atoms with Gasteiger partial charge in [-0.15, -0.1) is 0 Å². The summed E-state index contributed by atoms with van der Waals surface area (Å²) in [6.07, 6.45) is 17.7. The molecule has 3 atom stereocenters. The standard InChI is InChI=1S/C19H31N/c1-17-8-16-9-18(2,12-17)14-19(10-16,13-17)20-11-15-6-4-3-5-7-15/h3-4,15-16,20H,5-14H2,1-2H3. The Morgan fingerprint density at radius 1 is 1.00 bits per heavy atom. The van der Waals surface area contributed by atoms with Crippen molar-refractivity contribution in [2.24, 2.45) is 22.7 Å². The van der Waals surface area contributed by atoms with Crippen LogP contribution >= 0.6 is 0 Å². The summed E-state index contributed by atoms with van der Waals surface area (Å²) >= 11 is 0. The third-order valence-electron chi connectivity index (χ3n) is 6.77. The van der Waals surface area contributed by atoms with Crippen LogP contribution in [0.4, 0.5) is 0 Å². The van der Waals surface area contributed by atoms with Crippen molar-refractivity contribution in [3.63, 3.8) is 0 Å². The monoisotopic (exact) mass is 273 g/mol. The van der Waals surface area contributed by atoms with E-state index in [-0.39, 0.29) is 0 Å². The maximum Gasteiger partial charge on any atom is 0.0194 e. The molecule has 1 heteroatoms. The molecule has 20 heavy (non-hydrogen) atoms. The van der Waals surface area contributed by atoms with Crippen molar-refractivity contribution < 1.29 is 0 Å². The summed E-state index contributed by atoms with van der Waals surface area (Å²) in [6, 6.07) is 0. The summed E-state index contributed by atoms with van der Waals surface area (Å²) in [7, 11) is 0. The zero-order chi connectivity index (χ0) is 13.8. The Hall–Kier alpha value is -0.300. The van der Waals surface area contributed by atoms with Gasteiger partial charge in [-0.05, 0) is 87.0 Å². The summed E-state index contributed by atoms with van der Waals surface area (Å²) in [6.45, 7) is 6.42. The van der Waals surface area contributed by atoms with Crippen molar-refractivity contribution in [1.82, 2.24) is 5.32 Å². The first kappa shape index (κ1) is 13.4. The van der Waals surface area contributed by atoms with Crippen LogP contribution in [0.3, 0.4) is 0 Å². The topological polar surface area (TPSA) is 12.0 Å². The molecule has 0 aromatic heterocycles. The number of hydrogen-bond acceptors (Lipinski definition) is 1. The van der Waals surface area contributed by atoms with Crippen molar-refractivity contribution in [3.05, 3.63) is 12.2 Å². The molecule has 5 aliphatic carbocycles. The molecule has 1 nitrogen and oxygen atoms in total. The Labute approximate surface area is 124 Å². The molecule has 112 valence electrons. The minimum absolute atomic E-state index is 0.504. The van der Waals surface area contributed by atoms with Crippen molar-refractivity contribution >= 4 is 0 Å². The Bertz CT molecular complexity index is 405. The molecular formula is C19H31N. The molecule has 5 rings (SSSR count). The molecule has 0 aromatic carbocycles. The molecule has 0 saturated heterocycles. The van der Waals surface area contributed by atoms with Crippen molar-refractivity contribution in [3.8, 4) is 0 Å². The normalized spacial score (nSPS) is 53.5. The van der Waals surface area contributed by atoms with Gasteiger partial charge in [0.05, 0.1) is 0 Å². The van der Waals surface area contributed by atoms with Crippen molar-refractivity contribution in [2.45, 2.75) is 77.2 Å². The number of nitrogens with one attached hydrogen (secondary N) is 1. The van der Waals surface area contributed by atoms with Gasteiger partial charge < -0.3 is 5.32 Å². The van der Waals surface area contributed by atoms with E-state index >= 15 is 0 Å². The summed E-state index contributed by atoms with van der Waals surface area (Å²) in [5.41, 5.74) is 1.80. The largest absolute Gasteiger partial charge is 0.311 e. The quantitative estimate of drug-likeness (QED) is 0.736. The zero-order valence-corrected chi connectivity index (χ0v) is 13.4. The van der Waals surface area contributed by atoms with Crippen molar-refractivity contribution in [1.29, 1.82) is 0 Å². The first-order valence-corrected chi connectivity index (χ1v) is 8.88. The van der Waals surface area contributed by atoms with Crippen LogP contribution in [0.25, 0.3) is 0 Å². The highest BCUT2D eigenvalue weighted by Crippen LogP contribution is 2.66. The Kier molecular flexibility index (Phi) is 2.91. The van der Waals surface area contributed by atoms with E-state index in [2.05, 4.69) is 31.3 Å². The lowest BCUT2D eigenvalue weighted by molar-refractivity contribution is -0.118. The van der Waals surface area contributed by atoms with Gasteiger partial charge in [0.15, 0.2) is 0 Å². The number of rotatable bonds is 3. The average molecular weight is 273 g/mol. The van der Waals surface area contributed by atoms with Gasteiger partial charge in [-0.2, -0.15) is 0 Å². The van der Waals surface area contributed by atoms with Gasteiger partial charge in [-0.25, -0.2) is 0 Å². The van der Waals surface area contributed by atoms with E-state index in [9.17, 15) is 0 Å². The van der Waals surface area contributed by atoms with Crippen LogP contribution in [0, 0.1) is 22.7 Å². The van der Waals surface area contributed by atoms with E-state index in [0.29, 0.717) is 16.4 Å². The second-order valence-corrected chi connectivity index (χ2v) is 9.44. The second-order valence-electron chi connectivity index (χ2n) is 9.44. The Morgan fingerprint density at radius 2 is 1.75 bits per heavy atom. The lowest BCUT2D eigenvalue weighted by atomic mass is 9.43. The van der Waals surface area contributed by atoms with Gasteiger partial charge in [0.2, 0.25) is 0 Å². The maximum absolute atomic E-state index is 4.11. The number of hydrogen-bond donors (Lipinski definition) is 1. The highest BCUT2D eigenvalue weighted by molar-refractivity contribution is 5.14. The summed E-state index contributed by atoms with van der Waals surface area (Å²) in [4.78, 5) is 0. The predicted octanol–water partition coefficient (Wildman–Crippen LogP) is 4.68. The summed E-state index contributed by atoms with van der Waals surface area (Å²) < 4.78 is 0. The zero-order valence-electron chi connectivity index (χ0n) is 13.4. The molecule has 0 radical (unpaired) electrons. The number of allylic oxidation sites excluding steroid dienone is 2. The molecule has 0 heterocycles. The first-order valence-electron chi connectivity index (χ1n) is 8.88. The van der Waals surface area contributed by atoms with E-state index in [0.717, 1.165) is 11.8 Å². The van der Waals surface area contributed by atoms with Crippen LogP contribution in [0.5, 0.6) is 0 Å². The van der Waals surface area contributed by atoms with E-state index in [1.807, 2.05) is 0 Å². The van der Waals surface area contributed by atoms with E-state index in [4.69, 9.17) is 0 Å².